The molecule has 1 aromatic carbocycles. The first kappa shape index (κ1) is 13.1. The molecule has 0 fully saturated rings. The first-order valence-corrected chi connectivity index (χ1v) is 7.64. The molecule has 3 nitrogen and oxygen atoms in total. The number of nitrogens with zero attached hydrogens (tertiary/aromatic N) is 3. The summed E-state index contributed by atoms with van der Waals surface area (Å²) in [6, 6.07) is 10.5. The van der Waals surface area contributed by atoms with E-state index >= 15 is 0 Å². The lowest BCUT2D eigenvalue weighted by atomic mass is 10.1. The van der Waals surface area contributed by atoms with Crippen molar-refractivity contribution in [3.8, 4) is 0 Å². The highest BCUT2D eigenvalue weighted by molar-refractivity contribution is 7.09. The normalized spacial score (nSPS) is 10.9. The second-order valence-electron chi connectivity index (χ2n) is 4.79. The number of thiazole rings is 1. The van der Waals surface area contributed by atoms with E-state index in [9.17, 15) is 0 Å². The third kappa shape index (κ3) is 2.51. The molecule has 3 aromatic rings. The van der Waals surface area contributed by atoms with Crippen molar-refractivity contribution in [1.29, 1.82) is 0 Å². The number of hydrogen-bond acceptors (Lipinski definition) is 4. The molecule has 4 heteroatoms. The summed E-state index contributed by atoms with van der Waals surface area (Å²) in [6.45, 7) is 2.97. The lowest BCUT2D eigenvalue weighted by molar-refractivity contribution is 0.909. The standard InChI is InChI=1S/C16H17N3S/c1-3-12-10-15(13-6-4-5-7-14(13)18-12)19(2)11-16-17-8-9-20-16/h4-10H,3,11H2,1-2H3. The fraction of sp³-hybridized carbons (Fsp3) is 0.250. The van der Waals surface area contributed by atoms with Crippen LogP contribution in [0.4, 0.5) is 5.69 Å². The van der Waals surface area contributed by atoms with Gasteiger partial charge >= 0.3 is 0 Å². The Hall–Kier alpha value is -1.94. The molecule has 2 heterocycles. The highest BCUT2D eigenvalue weighted by Gasteiger charge is 2.10. The average Bonchev–Trinajstić information content (AvgIpc) is 2.98. The molecule has 0 aliphatic rings. The summed E-state index contributed by atoms with van der Waals surface area (Å²) >= 11 is 1.69. The van der Waals surface area contributed by atoms with Gasteiger partial charge in [-0.2, -0.15) is 0 Å². The van der Waals surface area contributed by atoms with Gasteiger partial charge in [-0.05, 0) is 18.6 Å². The number of aromatic nitrogens is 2. The van der Waals surface area contributed by atoms with Crippen LogP contribution in [0, 0.1) is 0 Å². The summed E-state index contributed by atoms with van der Waals surface area (Å²) in [5.41, 5.74) is 3.42. The molecule has 2 aromatic heterocycles. The van der Waals surface area contributed by atoms with Crippen molar-refractivity contribution in [3.63, 3.8) is 0 Å². The van der Waals surface area contributed by atoms with Gasteiger partial charge in [-0.3, -0.25) is 4.98 Å². The molecule has 0 atom stereocenters. The van der Waals surface area contributed by atoms with Crippen LogP contribution in [0.5, 0.6) is 0 Å². The number of anilines is 1. The maximum absolute atomic E-state index is 4.69. The first-order valence-electron chi connectivity index (χ1n) is 6.76. The number of benzene rings is 1. The maximum Gasteiger partial charge on any atom is 0.112 e. The van der Waals surface area contributed by atoms with Gasteiger partial charge in [-0.15, -0.1) is 11.3 Å². The molecule has 0 aliphatic carbocycles. The summed E-state index contributed by atoms with van der Waals surface area (Å²) in [4.78, 5) is 11.3. The second-order valence-corrected chi connectivity index (χ2v) is 5.76. The summed E-state index contributed by atoms with van der Waals surface area (Å²) in [5, 5.41) is 4.35. The molecule has 0 radical (unpaired) electrons. The van der Waals surface area contributed by atoms with Gasteiger partial charge in [-0.1, -0.05) is 25.1 Å². The van der Waals surface area contributed by atoms with Crippen LogP contribution in [0.25, 0.3) is 10.9 Å². The number of para-hydroxylation sites is 1. The van der Waals surface area contributed by atoms with Gasteiger partial charge < -0.3 is 4.90 Å². The maximum atomic E-state index is 4.69. The third-order valence-corrected chi connectivity index (χ3v) is 4.14. The predicted molar refractivity (Wildman–Crippen MR) is 85.3 cm³/mol. The summed E-state index contributed by atoms with van der Waals surface area (Å²) in [5.74, 6) is 0. The van der Waals surface area contributed by atoms with Crippen LogP contribution in [-0.2, 0) is 13.0 Å². The van der Waals surface area contributed by atoms with E-state index in [1.165, 1.54) is 11.1 Å². The molecule has 102 valence electrons. The Labute approximate surface area is 122 Å². The third-order valence-electron chi connectivity index (χ3n) is 3.38. The van der Waals surface area contributed by atoms with E-state index in [0.29, 0.717) is 0 Å². The summed E-state index contributed by atoms with van der Waals surface area (Å²) in [6.07, 6.45) is 2.80. The van der Waals surface area contributed by atoms with Crippen molar-refractivity contribution in [1.82, 2.24) is 9.97 Å². The van der Waals surface area contributed by atoms with Crippen molar-refractivity contribution in [2.24, 2.45) is 0 Å². The monoisotopic (exact) mass is 283 g/mol. The van der Waals surface area contributed by atoms with Gasteiger partial charge in [0.25, 0.3) is 0 Å². The molecule has 0 N–H and O–H groups in total. The molecule has 0 saturated heterocycles. The average molecular weight is 283 g/mol. The fourth-order valence-electron chi connectivity index (χ4n) is 2.33. The van der Waals surface area contributed by atoms with Gasteiger partial charge in [0.2, 0.25) is 0 Å². The molecule has 3 rings (SSSR count). The highest BCUT2D eigenvalue weighted by Crippen LogP contribution is 2.27. The number of fused-ring (bicyclic) bond motifs is 1. The molecular weight excluding hydrogens is 266 g/mol. The van der Waals surface area contributed by atoms with Gasteiger partial charge in [-0.25, -0.2) is 4.98 Å². The minimum Gasteiger partial charge on any atom is -0.367 e. The molecule has 0 spiro atoms. The molecule has 0 amide bonds. The summed E-state index contributed by atoms with van der Waals surface area (Å²) < 4.78 is 0. The quantitative estimate of drug-likeness (QED) is 0.727. The van der Waals surface area contributed by atoms with E-state index in [2.05, 4.69) is 48.1 Å². The van der Waals surface area contributed by atoms with E-state index in [4.69, 9.17) is 4.98 Å². The Morgan fingerprint density at radius 2 is 2.10 bits per heavy atom. The van der Waals surface area contributed by atoms with Gasteiger partial charge in [0.15, 0.2) is 0 Å². The zero-order valence-corrected chi connectivity index (χ0v) is 12.5. The molecule has 0 unspecified atom stereocenters. The first-order chi connectivity index (χ1) is 9.78. The molecule has 20 heavy (non-hydrogen) atoms. The second kappa shape index (κ2) is 5.59. The topological polar surface area (TPSA) is 29.0 Å². The van der Waals surface area contributed by atoms with Crippen LogP contribution in [0.3, 0.4) is 0 Å². The minimum absolute atomic E-state index is 0.828. The van der Waals surface area contributed by atoms with Crippen LogP contribution < -0.4 is 4.90 Å². The van der Waals surface area contributed by atoms with Crippen LogP contribution in [-0.4, -0.2) is 17.0 Å². The van der Waals surface area contributed by atoms with Gasteiger partial charge in [0, 0.05) is 35.4 Å². The predicted octanol–water partition coefficient (Wildman–Crippen LogP) is 3.89. The lowest BCUT2D eigenvalue weighted by Gasteiger charge is -2.20. The van der Waals surface area contributed by atoms with E-state index in [0.717, 1.165) is 29.2 Å². The Balaban J connectivity index is 2.04. The van der Waals surface area contributed by atoms with E-state index in [1.54, 1.807) is 11.3 Å². The van der Waals surface area contributed by atoms with Crippen molar-refractivity contribution in [3.05, 3.63) is 52.6 Å². The largest absolute Gasteiger partial charge is 0.367 e. The van der Waals surface area contributed by atoms with Crippen LogP contribution in [0.2, 0.25) is 0 Å². The molecule has 0 saturated carbocycles. The van der Waals surface area contributed by atoms with E-state index < -0.39 is 0 Å². The van der Waals surface area contributed by atoms with Crippen LogP contribution in [0.15, 0.2) is 41.9 Å². The van der Waals surface area contributed by atoms with Crippen molar-refractivity contribution >= 4 is 27.9 Å². The van der Waals surface area contributed by atoms with Crippen molar-refractivity contribution in [2.75, 3.05) is 11.9 Å². The number of pyridine rings is 1. The Morgan fingerprint density at radius 1 is 1.25 bits per heavy atom. The molecule has 0 aliphatic heterocycles. The SMILES string of the molecule is CCc1cc(N(C)Cc2nccs2)c2ccccc2n1. The summed E-state index contributed by atoms with van der Waals surface area (Å²) in [7, 11) is 2.11. The van der Waals surface area contributed by atoms with Gasteiger partial charge in [0.05, 0.1) is 12.1 Å². The Kier molecular flexibility index (Phi) is 3.65. The zero-order valence-electron chi connectivity index (χ0n) is 11.7. The molecule has 0 bridgehead atoms. The van der Waals surface area contributed by atoms with E-state index in [-0.39, 0.29) is 0 Å². The minimum atomic E-state index is 0.828. The van der Waals surface area contributed by atoms with Crippen LogP contribution >= 0.6 is 11.3 Å². The zero-order chi connectivity index (χ0) is 13.9. The Bertz CT molecular complexity index is 707. The number of hydrogen-bond donors (Lipinski definition) is 0. The lowest BCUT2D eigenvalue weighted by Crippen LogP contribution is -2.17. The van der Waals surface area contributed by atoms with Crippen LogP contribution in [0.1, 0.15) is 17.6 Å². The Morgan fingerprint density at radius 3 is 2.85 bits per heavy atom. The fourth-order valence-corrected chi connectivity index (χ4v) is 3.00. The van der Waals surface area contributed by atoms with Gasteiger partial charge in [0.1, 0.15) is 5.01 Å². The molecular formula is C16H17N3S. The number of rotatable bonds is 4. The van der Waals surface area contributed by atoms with E-state index in [1.807, 2.05) is 17.6 Å². The van der Waals surface area contributed by atoms with Crippen molar-refractivity contribution in [2.45, 2.75) is 19.9 Å². The smallest absolute Gasteiger partial charge is 0.112 e. The van der Waals surface area contributed by atoms with Crippen molar-refractivity contribution < 1.29 is 0 Å². The number of aryl methyl sites for hydroxylation is 1. The highest BCUT2D eigenvalue weighted by atomic mass is 32.1.